The number of para-hydroxylation sites is 1. The van der Waals surface area contributed by atoms with Crippen LogP contribution in [0.15, 0.2) is 36.6 Å². The van der Waals surface area contributed by atoms with E-state index in [1.54, 1.807) is 18.5 Å². The number of hydrogen-bond donors (Lipinski definition) is 0. The maximum Gasteiger partial charge on any atom is 0.170 e. The second kappa shape index (κ2) is 4.83. The summed E-state index contributed by atoms with van der Waals surface area (Å²) in [5.74, 6) is -2.62. The summed E-state index contributed by atoms with van der Waals surface area (Å²) in [6.45, 7) is -0.802. The van der Waals surface area contributed by atoms with E-state index in [0.717, 1.165) is 0 Å². The molecule has 0 saturated carbocycles. The highest BCUT2D eigenvalue weighted by Gasteiger charge is 2.32. The summed E-state index contributed by atoms with van der Waals surface area (Å²) in [6, 6.07) is -1.46. The van der Waals surface area contributed by atoms with Gasteiger partial charge in [-0.1, -0.05) is 18.1 Å². The molecule has 1 atom stereocenters. The molecule has 0 spiro atoms. The van der Waals surface area contributed by atoms with Gasteiger partial charge in [0.15, 0.2) is 5.78 Å². The van der Waals surface area contributed by atoms with Gasteiger partial charge in [0.1, 0.15) is 5.82 Å². The lowest BCUT2D eigenvalue weighted by molar-refractivity contribution is 0.0888. The molecule has 3 aromatic rings. The normalized spacial score (nSPS) is 26.5. The third-order valence-electron chi connectivity index (χ3n) is 4.14. The van der Waals surface area contributed by atoms with E-state index in [9.17, 15) is 4.79 Å². The van der Waals surface area contributed by atoms with Gasteiger partial charge in [-0.15, -0.1) is 0 Å². The molecule has 2 heterocycles. The summed E-state index contributed by atoms with van der Waals surface area (Å²) in [5.41, 5.74) is 0.702. The van der Waals surface area contributed by atoms with E-state index >= 15 is 0 Å². The lowest BCUT2D eigenvalue weighted by Gasteiger charge is -2.23. The predicted molar refractivity (Wildman–Crippen MR) is 86.0 cm³/mol. The molecule has 0 bridgehead atoms. The summed E-state index contributed by atoms with van der Waals surface area (Å²) in [5, 5.41) is 0.0491. The topological polar surface area (TPSA) is 39.8 Å². The Morgan fingerprint density at radius 1 is 1.50 bits per heavy atom. The first-order chi connectivity index (χ1) is 13.4. The third kappa shape index (κ3) is 1.83. The lowest BCUT2D eigenvalue weighted by Crippen LogP contribution is -2.27. The summed E-state index contributed by atoms with van der Waals surface area (Å²) in [6.07, 6.45) is 2.91. The maximum atomic E-state index is 13.6. The van der Waals surface area contributed by atoms with Crippen LogP contribution in [-0.4, -0.2) is 19.9 Å². The Morgan fingerprint density at radius 3 is 3.09 bits per heavy atom. The number of nitrogens with zero attached hydrogens (tertiary/aromatic N) is 3. The molecule has 112 valence electrons. The van der Waals surface area contributed by atoms with Crippen LogP contribution in [-0.2, 0) is 20.0 Å². The van der Waals surface area contributed by atoms with Gasteiger partial charge in [-0.3, -0.25) is 4.79 Å². The van der Waals surface area contributed by atoms with Crippen molar-refractivity contribution < 1.29 is 14.4 Å². The van der Waals surface area contributed by atoms with Crippen molar-refractivity contribution in [3.05, 3.63) is 53.6 Å². The van der Waals surface area contributed by atoms with Gasteiger partial charge in [-0.05, 0) is 25.8 Å². The van der Waals surface area contributed by atoms with E-state index in [0.29, 0.717) is 11.5 Å². The molecule has 4 heteroatoms. The second-order valence-corrected chi connectivity index (χ2v) is 5.37. The van der Waals surface area contributed by atoms with E-state index in [1.165, 1.54) is 17.0 Å². The number of Topliss-reactive ketones (excluding diaryl/α,β-unsaturated/α-hetero) is 1. The number of rotatable bonds is 2. The largest absolute Gasteiger partial charge is 0.347 e. The van der Waals surface area contributed by atoms with Crippen LogP contribution in [0.1, 0.15) is 37.9 Å². The van der Waals surface area contributed by atoms with E-state index in [-0.39, 0.29) is 41.4 Å². The van der Waals surface area contributed by atoms with Crippen molar-refractivity contribution in [2.75, 3.05) is 0 Å². The Labute approximate surface area is 139 Å². The molecular formula is C18H19N3O. The molecule has 4 nitrogen and oxygen atoms in total. The van der Waals surface area contributed by atoms with E-state index < -0.39 is 30.3 Å². The Bertz CT molecular complexity index is 1200. The van der Waals surface area contributed by atoms with Crippen molar-refractivity contribution in [2.45, 2.75) is 26.3 Å². The van der Waals surface area contributed by atoms with Crippen molar-refractivity contribution in [3.63, 3.8) is 0 Å². The van der Waals surface area contributed by atoms with Crippen LogP contribution < -0.4 is 0 Å². The third-order valence-corrected chi connectivity index (χ3v) is 4.14. The number of carbonyl (C=O) groups excluding carboxylic acids is 1. The van der Waals surface area contributed by atoms with Crippen molar-refractivity contribution in [2.24, 2.45) is 12.9 Å². The summed E-state index contributed by atoms with van der Waals surface area (Å²) < 4.78 is 61.2. The molecule has 0 fully saturated rings. The van der Waals surface area contributed by atoms with Gasteiger partial charge in [0, 0.05) is 55.4 Å². The SMILES string of the molecule is [2H]c1c([2H])c([2H])c2c(c1[2H])c1c(n2C)CCC([2H])(C([2H])([2H])n2ccnc2C)C1=O. The molecule has 1 aromatic carbocycles. The van der Waals surface area contributed by atoms with Crippen molar-refractivity contribution in [1.29, 1.82) is 0 Å². The number of ketones is 1. The van der Waals surface area contributed by atoms with Crippen molar-refractivity contribution >= 4 is 16.7 Å². The average Bonchev–Trinajstić information content (AvgIpc) is 3.23. The number of benzene rings is 1. The van der Waals surface area contributed by atoms with E-state index in [4.69, 9.17) is 9.60 Å². The Morgan fingerprint density at radius 2 is 2.32 bits per heavy atom. The molecule has 1 aliphatic rings. The molecular weight excluding hydrogens is 274 g/mol. The Kier molecular flexibility index (Phi) is 1.71. The van der Waals surface area contributed by atoms with Crippen molar-refractivity contribution in [3.8, 4) is 0 Å². The fraction of sp³-hybridized carbons (Fsp3) is 0.333. The molecule has 0 radical (unpaired) electrons. The molecule has 22 heavy (non-hydrogen) atoms. The quantitative estimate of drug-likeness (QED) is 0.729. The molecule has 0 saturated heterocycles. The molecule has 0 aliphatic heterocycles. The molecule has 2 aromatic heterocycles. The predicted octanol–water partition coefficient (Wildman–Crippen LogP) is 3.13. The van der Waals surface area contributed by atoms with Crippen LogP contribution >= 0.6 is 0 Å². The van der Waals surface area contributed by atoms with Crippen LogP contribution in [0.4, 0.5) is 0 Å². The number of hydrogen-bond acceptors (Lipinski definition) is 2. The molecule has 0 amide bonds. The minimum atomic E-state index is -2.39. The van der Waals surface area contributed by atoms with Crippen molar-refractivity contribution in [1.82, 2.24) is 14.1 Å². The van der Waals surface area contributed by atoms with Gasteiger partial charge in [0.25, 0.3) is 0 Å². The highest BCUT2D eigenvalue weighted by molar-refractivity contribution is 6.11. The highest BCUT2D eigenvalue weighted by Crippen LogP contribution is 2.34. The fourth-order valence-electron chi connectivity index (χ4n) is 2.98. The highest BCUT2D eigenvalue weighted by atomic mass is 16.1. The van der Waals surface area contributed by atoms with Gasteiger partial charge in [0.2, 0.25) is 0 Å². The van der Waals surface area contributed by atoms with Gasteiger partial charge in [0.05, 0.1) is 8.22 Å². The zero-order valence-corrected chi connectivity index (χ0v) is 12.3. The number of aryl methyl sites for hydroxylation is 2. The average molecular weight is 300 g/mol. The number of aromatic nitrogens is 3. The first-order valence-corrected chi connectivity index (χ1v) is 7.08. The minimum Gasteiger partial charge on any atom is -0.347 e. The summed E-state index contributed by atoms with van der Waals surface area (Å²) in [7, 11) is 1.63. The monoisotopic (exact) mass is 300 g/mol. The second-order valence-electron chi connectivity index (χ2n) is 5.37. The number of carbonyl (C=O) groups is 1. The first-order valence-electron chi connectivity index (χ1n) is 10.6. The van der Waals surface area contributed by atoms with Crippen LogP contribution in [0, 0.1) is 12.8 Å². The van der Waals surface area contributed by atoms with Gasteiger partial charge < -0.3 is 9.13 Å². The van der Waals surface area contributed by atoms with Gasteiger partial charge in [-0.2, -0.15) is 0 Å². The standard InChI is InChI=1S/C18H19N3O/c1-12-19-9-10-21(12)11-13-7-8-16-17(18(13)22)14-5-3-4-6-15(14)20(16)2/h3-6,9-10,13H,7-8,11H2,1-2H3/i3D,4D,5D,6D,11D2,13D. The summed E-state index contributed by atoms with van der Waals surface area (Å²) >= 11 is 0. The fourth-order valence-corrected chi connectivity index (χ4v) is 2.98. The number of fused-ring (bicyclic) bond motifs is 3. The van der Waals surface area contributed by atoms with Crippen LogP contribution in [0.2, 0.25) is 0 Å². The van der Waals surface area contributed by atoms with Crippen LogP contribution in [0.5, 0.6) is 0 Å². The van der Waals surface area contributed by atoms with E-state index in [2.05, 4.69) is 4.98 Å². The molecule has 4 rings (SSSR count). The van der Waals surface area contributed by atoms with E-state index in [1.807, 2.05) is 0 Å². The van der Waals surface area contributed by atoms with Gasteiger partial charge >= 0.3 is 0 Å². The minimum absolute atomic E-state index is 0.0115. The lowest BCUT2D eigenvalue weighted by atomic mass is 9.85. The maximum absolute atomic E-state index is 13.6. The zero-order chi connectivity index (χ0) is 21.5. The smallest absolute Gasteiger partial charge is 0.170 e. The molecule has 0 N–H and O–H groups in total. The van der Waals surface area contributed by atoms with Crippen LogP contribution in [0.25, 0.3) is 10.9 Å². The molecule has 1 aliphatic carbocycles. The zero-order valence-electron chi connectivity index (χ0n) is 19.3. The Hall–Kier alpha value is -2.36. The van der Waals surface area contributed by atoms with Crippen LogP contribution in [0.3, 0.4) is 0 Å². The number of imidazole rings is 1. The first kappa shape index (κ1) is 7.77. The Balaban J connectivity index is 2.02. The van der Waals surface area contributed by atoms with Gasteiger partial charge in [-0.25, -0.2) is 4.98 Å². The summed E-state index contributed by atoms with van der Waals surface area (Å²) in [4.78, 5) is 17.6. The molecule has 1 unspecified atom stereocenters.